The number of amides is 2. The molecule has 0 radical (unpaired) electrons. The topological polar surface area (TPSA) is 61.4 Å². The lowest BCUT2D eigenvalue weighted by atomic mass is 10.1. The molecule has 0 saturated carbocycles. The van der Waals surface area contributed by atoms with Crippen molar-refractivity contribution in [3.8, 4) is 0 Å². The fraction of sp³-hybridized carbons (Fsp3) is 0.833. The van der Waals surface area contributed by atoms with Crippen LogP contribution >= 0.6 is 0 Å². The minimum atomic E-state index is -0.0447. The highest BCUT2D eigenvalue weighted by molar-refractivity contribution is 5.79. The van der Waals surface area contributed by atoms with Gasteiger partial charge in [-0.1, -0.05) is 6.92 Å². The highest BCUT2D eigenvalue weighted by Crippen LogP contribution is 2.09. The van der Waals surface area contributed by atoms with E-state index < -0.39 is 0 Å². The third kappa shape index (κ3) is 4.34. The minimum Gasteiger partial charge on any atom is -0.352 e. The van der Waals surface area contributed by atoms with Gasteiger partial charge in [0.05, 0.1) is 0 Å². The molecule has 1 fully saturated rings. The van der Waals surface area contributed by atoms with Gasteiger partial charge in [-0.15, -0.1) is 0 Å². The van der Waals surface area contributed by atoms with Crippen molar-refractivity contribution >= 4 is 11.8 Å². The Morgan fingerprint density at radius 3 is 2.71 bits per heavy atom. The van der Waals surface area contributed by atoms with Gasteiger partial charge >= 0.3 is 0 Å². The quantitative estimate of drug-likeness (QED) is 0.686. The lowest BCUT2D eigenvalue weighted by Crippen LogP contribution is -2.45. The third-order valence-electron chi connectivity index (χ3n) is 3.01. The number of carbonyl (C=O) groups is 2. The predicted molar refractivity (Wildman–Crippen MR) is 66.5 cm³/mol. The second-order valence-electron chi connectivity index (χ2n) is 4.81. The molecule has 2 unspecified atom stereocenters. The van der Waals surface area contributed by atoms with Crippen LogP contribution in [0.25, 0.3) is 0 Å². The molecule has 0 aromatic carbocycles. The Kier molecular flexibility index (Phi) is 5.41. The van der Waals surface area contributed by atoms with E-state index in [-0.39, 0.29) is 23.8 Å². The monoisotopic (exact) mass is 241 g/mol. The van der Waals surface area contributed by atoms with Gasteiger partial charge in [0.2, 0.25) is 11.8 Å². The minimum absolute atomic E-state index is 0.0175. The van der Waals surface area contributed by atoms with E-state index in [4.69, 9.17) is 0 Å². The van der Waals surface area contributed by atoms with E-state index in [1.165, 1.54) is 0 Å². The Bertz CT molecular complexity index is 281. The Morgan fingerprint density at radius 1 is 1.47 bits per heavy atom. The molecule has 5 heteroatoms. The second-order valence-corrected chi connectivity index (χ2v) is 4.81. The maximum Gasteiger partial charge on any atom is 0.224 e. The highest BCUT2D eigenvalue weighted by atomic mass is 16.2. The van der Waals surface area contributed by atoms with Crippen LogP contribution < -0.4 is 10.6 Å². The van der Waals surface area contributed by atoms with Crippen LogP contribution in [0.3, 0.4) is 0 Å². The molecule has 1 rings (SSSR count). The summed E-state index contributed by atoms with van der Waals surface area (Å²) in [6, 6.07) is 0.0175. The van der Waals surface area contributed by atoms with E-state index in [1.54, 1.807) is 0 Å². The van der Waals surface area contributed by atoms with Crippen molar-refractivity contribution in [3.63, 3.8) is 0 Å². The van der Waals surface area contributed by atoms with Crippen LogP contribution in [0.2, 0.25) is 0 Å². The summed E-state index contributed by atoms with van der Waals surface area (Å²) in [6.45, 7) is 5.94. The van der Waals surface area contributed by atoms with Crippen LogP contribution in [0.15, 0.2) is 0 Å². The first-order valence-corrected chi connectivity index (χ1v) is 6.27. The van der Waals surface area contributed by atoms with Crippen molar-refractivity contribution in [2.24, 2.45) is 5.92 Å². The summed E-state index contributed by atoms with van der Waals surface area (Å²) in [6.07, 6.45) is 1.59. The summed E-state index contributed by atoms with van der Waals surface area (Å²) in [4.78, 5) is 25.0. The molecule has 0 aromatic heterocycles. The van der Waals surface area contributed by atoms with E-state index >= 15 is 0 Å². The van der Waals surface area contributed by atoms with Crippen molar-refractivity contribution in [1.82, 2.24) is 15.5 Å². The average molecular weight is 241 g/mol. The van der Waals surface area contributed by atoms with Gasteiger partial charge in [-0.05, 0) is 20.4 Å². The number of likely N-dealkylation sites (tertiary alicyclic amines) is 1. The fourth-order valence-corrected chi connectivity index (χ4v) is 2.06. The zero-order valence-electron chi connectivity index (χ0n) is 11.0. The Labute approximate surface area is 103 Å². The second kappa shape index (κ2) is 6.59. The van der Waals surface area contributed by atoms with Crippen LogP contribution in [0, 0.1) is 5.92 Å². The van der Waals surface area contributed by atoms with E-state index in [0.29, 0.717) is 19.5 Å². The van der Waals surface area contributed by atoms with Crippen LogP contribution in [-0.2, 0) is 9.59 Å². The fourth-order valence-electron chi connectivity index (χ4n) is 2.06. The molecule has 2 amide bonds. The van der Waals surface area contributed by atoms with Crippen molar-refractivity contribution in [3.05, 3.63) is 0 Å². The molecular formula is C12H23N3O2. The van der Waals surface area contributed by atoms with Crippen molar-refractivity contribution < 1.29 is 9.59 Å². The molecule has 0 aliphatic carbocycles. The lowest BCUT2D eigenvalue weighted by molar-refractivity contribution is -0.129. The van der Waals surface area contributed by atoms with Crippen LogP contribution in [-0.4, -0.2) is 49.4 Å². The van der Waals surface area contributed by atoms with Crippen LogP contribution in [0.4, 0.5) is 0 Å². The molecule has 5 nitrogen and oxygen atoms in total. The smallest absolute Gasteiger partial charge is 0.224 e. The molecule has 1 aliphatic rings. The first-order chi connectivity index (χ1) is 8.04. The van der Waals surface area contributed by atoms with Gasteiger partial charge in [-0.3, -0.25) is 9.59 Å². The predicted octanol–water partition coefficient (Wildman–Crippen LogP) is -0.0310. The van der Waals surface area contributed by atoms with Crippen LogP contribution in [0.5, 0.6) is 0 Å². The molecule has 1 aliphatic heterocycles. The van der Waals surface area contributed by atoms with Gasteiger partial charge in [-0.25, -0.2) is 0 Å². The van der Waals surface area contributed by atoms with E-state index in [2.05, 4.69) is 10.6 Å². The number of nitrogens with zero attached hydrogens (tertiary/aromatic N) is 1. The number of rotatable bonds is 6. The number of hydrogen-bond donors (Lipinski definition) is 2. The standard InChI is InChI=1S/C12H23N3O2/c1-9(7-13-3)12(17)14-10(2)8-15-6-4-5-11(15)16/h9-10,13H,4-8H2,1-3H3,(H,14,17). The van der Waals surface area contributed by atoms with Crippen molar-refractivity contribution in [2.45, 2.75) is 32.7 Å². The van der Waals surface area contributed by atoms with Crippen LogP contribution in [0.1, 0.15) is 26.7 Å². The molecule has 98 valence electrons. The Hall–Kier alpha value is -1.10. The summed E-state index contributed by atoms with van der Waals surface area (Å²) >= 11 is 0. The summed E-state index contributed by atoms with van der Waals surface area (Å²) in [5.74, 6) is 0.199. The summed E-state index contributed by atoms with van der Waals surface area (Å²) in [7, 11) is 1.83. The largest absolute Gasteiger partial charge is 0.352 e. The first kappa shape index (κ1) is 14.0. The van der Waals surface area contributed by atoms with Gasteiger partial charge in [0.15, 0.2) is 0 Å². The normalized spacial score (nSPS) is 19.2. The molecule has 1 heterocycles. The zero-order chi connectivity index (χ0) is 12.8. The van der Waals surface area contributed by atoms with Gasteiger partial charge in [0.1, 0.15) is 0 Å². The molecule has 0 spiro atoms. The van der Waals surface area contributed by atoms with Crippen molar-refractivity contribution in [2.75, 3.05) is 26.7 Å². The highest BCUT2D eigenvalue weighted by Gasteiger charge is 2.23. The van der Waals surface area contributed by atoms with Gasteiger partial charge in [0.25, 0.3) is 0 Å². The Morgan fingerprint density at radius 2 is 2.18 bits per heavy atom. The number of hydrogen-bond acceptors (Lipinski definition) is 3. The summed E-state index contributed by atoms with van der Waals surface area (Å²) in [5, 5.41) is 5.92. The molecular weight excluding hydrogens is 218 g/mol. The maximum absolute atomic E-state index is 11.7. The van der Waals surface area contributed by atoms with Gasteiger partial charge in [0, 0.05) is 38.0 Å². The molecule has 1 saturated heterocycles. The van der Waals surface area contributed by atoms with Crippen molar-refractivity contribution in [1.29, 1.82) is 0 Å². The SMILES string of the molecule is CNCC(C)C(=O)NC(C)CN1CCCC1=O. The first-order valence-electron chi connectivity index (χ1n) is 6.27. The molecule has 2 atom stereocenters. The molecule has 0 bridgehead atoms. The van der Waals surface area contributed by atoms with E-state index in [1.807, 2.05) is 25.8 Å². The summed E-state index contributed by atoms with van der Waals surface area (Å²) < 4.78 is 0. The average Bonchev–Trinajstić information content (AvgIpc) is 2.64. The van der Waals surface area contributed by atoms with Gasteiger partial charge in [-0.2, -0.15) is 0 Å². The van der Waals surface area contributed by atoms with E-state index in [9.17, 15) is 9.59 Å². The van der Waals surface area contributed by atoms with Gasteiger partial charge < -0.3 is 15.5 Å². The number of nitrogens with one attached hydrogen (secondary N) is 2. The zero-order valence-corrected chi connectivity index (χ0v) is 11.0. The maximum atomic E-state index is 11.7. The lowest BCUT2D eigenvalue weighted by Gasteiger charge is -2.23. The summed E-state index contributed by atoms with van der Waals surface area (Å²) in [5.41, 5.74) is 0. The molecule has 2 N–H and O–H groups in total. The molecule has 0 aromatic rings. The van der Waals surface area contributed by atoms with E-state index in [0.717, 1.165) is 13.0 Å². The Balaban J connectivity index is 2.31. The molecule has 17 heavy (non-hydrogen) atoms. The number of carbonyl (C=O) groups excluding carboxylic acids is 2. The third-order valence-corrected chi connectivity index (χ3v) is 3.01.